The van der Waals surface area contributed by atoms with Crippen LogP contribution in [0, 0.1) is 0 Å². The molecule has 1 aliphatic heterocycles. The van der Waals surface area contributed by atoms with Crippen LogP contribution in [0.4, 0.5) is 24.9 Å². The second kappa shape index (κ2) is 8.72. The molecule has 1 N–H and O–H groups in total. The number of hydrogen-bond donors (Lipinski definition) is 1. The highest BCUT2D eigenvalue weighted by Crippen LogP contribution is 2.34. The van der Waals surface area contributed by atoms with Crippen molar-refractivity contribution in [2.24, 2.45) is 0 Å². The average Bonchev–Trinajstić information content (AvgIpc) is 3.25. The van der Waals surface area contributed by atoms with Crippen LogP contribution in [0.5, 0.6) is 0 Å². The molecule has 1 amide bonds. The maximum absolute atomic E-state index is 13.5. The monoisotopic (exact) mass is 437 g/mol. The number of nitrogens with one attached hydrogen (secondary N) is 1. The summed E-state index contributed by atoms with van der Waals surface area (Å²) < 4.78 is 41.4. The molecule has 0 bridgehead atoms. The molecule has 0 aromatic carbocycles. The van der Waals surface area contributed by atoms with E-state index in [1.807, 2.05) is 4.90 Å². The molecule has 168 valence electrons. The Hall–Kier alpha value is -2.85. The van der Waals surface area contributed by atoms with E-state index in [9.17, 15) is 18.0 Å². The zero-order valence-corrected chi connectivity index (χ0v) is 17.4. The molecule has 2 fully saturated rings. The Balaban J connectivity index is 1.57. The number of alkyl halides is 3. The van der Waals surface area contributed by atoms with Crippen LogP contribution in [0.1, 0.15) is 38.3 Å². The molecule has 0 unspecified atom stereocenters. The molecule has 31 heavy (non-hydrogen) atoms. The van der Waals surface area contributed by atoms with Crippen LogP contribution in [0.25, 0.3) is 5.82 Å². The summed E-state index contributed by atoms with van der Waals surface area (Å²) in [6.45, 7) is 3.26. The molecule has 11 heteroatoms. The molecule has 0 radical (unpaired) electrons. The first kappa shape index (κ1) is 21.4. The Morgan fingerprint density at radius 3 is 2.45 bits per heavy atom. The van der Waals surface area contributed by atoms with Crippen LogP contribution in [0.15, 0.2) is 18.3 Å². The minimum atomic E-state index is -2.61. The summed E-state index contributed by atoms with van der Waals surface area (Å²) in [4.78, 5) is 24.5. The fourth-order valence-electron chi connectivity index (χ4n) is 3.94. The summed E-state index contributed by atoms with van der Waals surface area (Å²) in [5, 5.41) is 7.37. The number of nitrogens with zero attached hydrogens (tertiary/aromatic N) is 6. The van der Waals surface area contributed by atoms with Gasteiger partial charge in [-0.3, -0.25) is 4.79 Å². The molecular formula is C20H26F3N7O. The number of halogens is 3. The molecule has 0 spiro atoms. The van der Waals surface area contributed by atoms with Gasteiger partial charge in [0.2, 0.25) is 17.8 Å². The summed E-state index contributed by atoms with van der Waals surface area (Å²) >= 11 is 0. The van der Waals surface area contributed by atoms with Gasteiger partial charge in [-0.1, -0.05) is 0 Å². The maximum atomic E-state index is 13.5. The third kappa shape index (κ3) is 5.08. The lowest BCUT2D eigenvalue weighted by Gasteiger charge is -2.35. The first-order valence-electron chi connectivity index (χ1n) is 10.5. The average molecular weight is 437 g/mol. The van der Waals surface area contributed by atoms with E-state index in [0.717, 1.165) is 0 Å². The Morgan fingerprint density at radius 2 is 1.84 bits per heavy atom. The number of amides is 1. The minimum absolute atomic E-state index is 0.0368. The van der Waals surface area contributed by atoms with Crippen molar-refractivity contribution in [3.05, 3.63) is 24.0 Å². The van der Waals surface area contributed by atoms with Crippen molar-refractivity contribution in [1.29, 1.82) is 0 Å². The molecule has 1 saturated carbocycles. The number of anilines is 2. The van der Waals surface area contributed by atoms with E-state index in [0.29, 0.717) is 62.3 Å². The van der Waals surface area contributed by atoms with Crippen LogP contribution in [-0.4, -0.2) is 68.7 Å². The number of carbonyl (C=O) groups is 1. The van der Waals surface area contributed by atoms with Crippen LogP contribution in [0.3, 0.4) is 0 Å². The predicted molar refractivity (Wildman–Crippen MR) is 109 cm³/mol. The van der Waals surface area contributed by atoms with Crippen LogP contribution in [0.2, 0.25) is 0 Å². The number of carbonyl (C=O) groups excluding carboxylic acids is 1. The van der Waals surface area contributed by atoms with E-state index >= 15 is 0 Å². The third-order valence-corrected chi connectivity index (χ3v) is 5.81. The second-order valence-corrected chi connectivity index (χ2v) is 8.06. The Labute approximate surface area is 178 Å². The molecule has 1 saturated heterocycles. The highest BCUT2D eigenvalue weighted by molar-refractivity contribution is 5.73. The number of hydrogen-bond acceptors (Lipinski definition) is 6. The summed E-state index contributed by atoms with van der Waals surface area (Å²) in [7, 11) is 0. The Kier molecular flexibility index (Phi) is 6.01. The molecule has 2 aromatic rings. The van der Waals surface area contributed by atoms with Gasteiger partial charge < -0.3 is 15.1 Å². The smallest absolute Gasteiger partial charge is 0.248 e. The lowest BCUT2D eigenvalue weighted by molar-refractivity contribution is -0.129. The van der Waals surface area contributed by atoms with Crippen molar-refractivity contribution in [1.82, 2.24) is 24.6 Å². The fraction of sp³-hybridized carbons (Fsp3) is 0.600. The molecule has 0 atom stereocenters. The SMILES string of the molecule is CC(=O)N1CCN(c2cc(-n3ccc(CF)n3)nc(NC3CCC(F)(F)CC3)n2)CC1. The third-order valence-electron chi connectivity index (χ3n) is 5.81. The van der Waals surface area contributed by atoms with Crippen molar-refractivity contribution in [3.63, 3.8) is 0 Å². The molecule has 1 aliphatic carbocycles. The largest absolute Gasteiger partial charge is 0.353 e. The van der Waals surface area contributed by atoms with E-state index in [1.165, 1.54) is 4.68 Å². The first-order chi connectivity index (χ1) is 14.8. The van der Waals surface area contributed by atoms with Crippen molar-refractivity contribution < 1.29 is 18.0 Å². The fourth-order valence-corrected chi connectivity index (χ4v) is 3.94. The Morgan fingerprint density at radius 1 is 1.16 bits per heavy atom. The van der Waals surface area contributed by atoms with Crippen molar-refractivity contribution in [3.8, 4) is 5.82 Å². The van der Waals surface area contributed by atoms with Gasteiger partial charge >= 0.3 is 0 Å². The normalized spacial score (nSPS) is 19.5. The number of piperazine rings is 1. The van der Waals surface area contributed by atoms with Gasteiger partial charge in [0.05, 0.1) is 5.69 Å². The van der Waals surface area contributed by atoms with Gasteiger partial charge in [0.1, 0.15) is 12.5 Å². The molecular weight excluding hydrogens is 411 g/mol. The number of rotatable bonds is 5. The van der Waals surface area contributed by atoms with Crippen LogP contribution >= 0.6 is 0 Å². The lowest BCUT2D eigenvalue weighted by atomic mass is 9.92. The molecule has 2 aromatic heterocycles. The van der Waals surface area contributed by atoms with Gasteiger partial charge in [-0.2, -0.15) is 15.1 Å². The van der Waals surface area contributed by atoms with Gasteiger partial charge in [-0.05, 0) is 18.9 Å². The van der Waals surface area contributed by atoms with Gasteiger partial charge in [-0.15, -0.1) is 0 Å². The highest BCUT2D eigenvalue weighted by Gasteiger charge is 2.35. The summed E-state index contributed by atoms with van der Waals surface area (Å²) in [6, 6.07) is 3.19. The summed E-state index contributed by atoms with van der Waals surface area (Å²) in [6.07, 6.45) is 1.97. The molecule has 2 aliphatic rings. The van der Waals surface area contributed by atoms with Crippen LogP contribution < -0.4 is 10.2 Å². The quantitative estimate of drug-likeness (QED) is 0.775. The zero-order valence-electron chi connectivity index (χ0n) is 17.4. The van der Waals surface area contributed by atoms with Gasteiger partial charge in [-0.25, -0.2) is 17.9 Å². The predicted octanol–water partition coefficient (Wildman–Crippen LogP) is 2.79. The standard InChI is InChI=1S/C20H26F3N7O/c1-14(31)28-8-10-29(11-9-28)17-12-18(30-7-4-16(13-21)27-30)26-19(25-17)24-15-2-5-20(22,23)6-3-15/h4,7,12,15H,2-3,5-6,8-11,13H2,1H3,(H,24,25,26). The van der Waals surface area contributed by atoms with Gasteiger partial charge in [0.25, 0.3) is 0 Å². The summed E-state index contributed by atoms with van der Waals surface area (Å²) in [5.41, 5.74) is 0.291. The van der Waals surface area contributed by atoms with Crippen molar-refractivity contribution in [2.45, 2.75) is 51.2 Å². The minimum Gasteiger partial charge on any atom is -0.353 e. The molecule has 3 heterocycles. The molecule has 8 nitrogen and oxygen atoms in total. The topological polar surface area (TPSA) is 79.2 Å². The van der Waals surface area contributed by atoms with E-state index < -0.39 is 12.6 Å². The highest BCUT2D eigenvalue weighted by atomic mass is 19.3. The second-order valence-electron chi connectivity index (χ2n) is 8.06. The van der Waals surface area contributed by atoms with Gasteiger partial charge in [0.15, 0.2) is 5.82 Å². The molecule has 4 rings (SSSR count). The van der Waals surface area contributed by atoms with Crippen molar-refractivity contribution >= 4 is 17.7 Å². The Bertz CT molecular complexity index is 917. The van der Waals surface area contributed by atoms with E-state index in [2.05, 4.69) is 20.4 Å². The lowest BCUT2D eigenvalue weighted by Crippen LogP contribution is -2.48. The van der Waals surface area contributed by atoms with E-state index in [-0.39, 0.29) is 24.8 Å². The summed E-state index contributed by atoms with van der Waals surface area (Å²) in [5.74, 6) is -1.14. The van der Waals surface area contributed by atoms with E-state index in [4.69, 9.17) is 0 Å². The first-order valence-corrected chi connectivity index (χ1v) is 10.5. The van der Waals surface area contributed by atoms with Crippen molar-refractivity contribution in [2.75, 3.05) is 36.4 Å². The number of aromatic nitrogens is 4. The van der Waals surface area contributed by atoms with E-state index in [1.54, 1.807) is 30.2 Å². The van der Waals surface area contributed by atoms with Gasteiger partial charge in [0, 0.05) is 64.2 Å². The van der Waals surface area contributed by atoms with Crippen LogP contribution in [-0.2, 0) is 11.5 Å². The maximum Gasteiger partial charge on any atom is 0.248 e. The zero-order chi connectivity index (χ0) is 22.0.